The Labute approximate surface area is 224 Å². The third-order valence-corrected chi connectivity index (χ3v) is 7.76. The van der Waals surface area contributed by atoms with E-state index in [1.807, 2.05) is 11.0 Å². The predicted octanol–water partition coefficient (Wildman–Crippen LogP) is 3.96. The number of aromatic nitrogens is 2. The molecule has 9 nitrogen and oxygen atoms in total. The lowest BCUT2D eigenvalue weighted by atomic mass is 9.99. The molecule has 3 aromatic rings. The molecule has 1 aromatic heterocycles. The van der Waals surface area contributed by atoms with Gasteiger partial charge in [-0.2, -0.15) is 23.4 Å². The van der Waals surface area contributed by atoms with Gasteiger partial charge in [0, 0.05) is 26.1 Å². The van der Waals surface area contributed by atoms with E-state index in [0.29, 0.717) is 24.3 Å². The maximum Gasteiger partial charge on any atom is 0.417 e. The van der Waals surface area contributed by atoms with Gasteiger partial charge in [-0.3, -0.25) is 9.36 Å². The summed E-state index contributed by atoms with van der Waals surface area (Å²) in [5.41, 5.74) is -1.71. The molecule has 3 aliphatic rings. The van der Waals surface area contributed by atoms with Crippen LogP contribution in [0.25, 0.3) is 0 Å². The van der Waals surface area contributed by atoms with E-state index in [1.54, 1.807) is 24.1 Å². The molecule has 4 heterocycles. The molecule has 6 rings (SSSR count). The predicted molar refractivity (Wildman–Crippen MR) is 132 cm³/mol. The number of amides is 1. The van der Waals surface area contributed by atoms with Crippen molar-refractivity contribution in [3.8, 4) is 23.4 Å². The van der Waals surface area contributed by atoms with Gasteiger partial charge in [0.25, 0.3) is 5.91 Å². The van der Waals surface area contributed by atoms with E-state index in [-0.39, 0.29) is 48.0 Å². The first-order valence-electron chi connectivity index (χ1n) is 11.9. The van der Waals surface area contributed by atoms with Crippen LogP contribution in [0.1, 0.15) is 23.1 Å². The highest BCUT2D eigenvalue weighted by Crippen LogP contribution is 2.48. The Kier molecular flexibility index (Phi) is 5.55. The largest absolute Gasteiger partial charge is 0.473 e. The number of likely N-dealkylation sites (tertiary alicyclic amines) is 1. The number of nitrogens with zero attached hydrogens (tertiary/aromatic N) is 5. The van der Waals surface area contributed by atoms with Crippen LogP contribution in [0.15, 0.2) is 47.3 Å². The Balaban J connectivity index is 1.19. The van der Waals surface area contributed by atoms with Crippen LogP contribution in [0.3, 0.4) is 0 Å². The summed E-state index contributed by atoms with van der Waals surface area (Å²) in [6.07, 6.45) is -4.01. The van der Waals surface area contributed by atoms with Gasteiger partial charge < -0.3 is 19.3 Å². The maximum absolute atomic E-state index is 13.2. The molecule has 0 saturated carbocycles. The first kappa shape index (κ1) is 25.1. The SMILES string of the molecule is CN1C(=O)[C@]23C[C@H]1CN2c1cc(OCc2ccc(Oc4ccc(Cl)c(C(F)(F)F)c4)c(C#N)c2)nc(=O)n1C3. The highest BCUT2D eigenvalue weighted by Gasteiger charge is 2.63. The van der Waals surface area contributed by atoms with Gasteiger partial charge in [-0.25, -0.2) is 4.79 Å². The molecule has 2 atom stereocenters. The molecule has 2 aromatic carbocycles. The number of carbonyl (C=O) groups is 1. The van der Waals surface area contributed by atoms with Crippen molar-refractivity contribution in [3.63, 3.8) is 0 Å². The molecule has 0 unspecified atom stereocenters. The molecule has 1 amide bonds. The monoisotopic (exact) mass is 557 g/mol. The molecule has 39 heavy (non-hydrogen) atoms. The zero-order valence-corrected chi connectivity index (χ0v) is 21.1. The summed E-state index contributed by atoms with van der Waals surface area (Å²) in [7, 11) is 1.78. The fourth-order valence-electron chi connectivity index (χ4n) is 5.53. The van der Waals surface area contributed by atoms with Gasteiger partial charge in [0.1, 0.15) is 35.5 Å². The molecule has 0 N–H and O–H groups in total. The van der Waals surface area contributed by atoms with Gasteiger partial charge >= 0.3 is 11.9 Å². The van der Waals surface area contributed by atoms with E-state index in [4.69, 9.17) is 21.1 Å². The zero-order valence-electron chi connectivity index (χ0n) is 20.3. The number of ether oxygens (including phenoxy) is 2. The summed E-state index contributed by atoms with van der Waals surface area (Å²) in [5.74, 6) is 0.565. The van der Waals surface area contributed by atoms with Gasteiger partial charge in [-0.15, -0.1) is 0 Å². The molecule has 13 heteroatoms. The van der Waals surface area contributed by atoms with Crippen molar-refractivity contribution in [2.24, 2.45) is 0 Å². The van der Waals surface area contributed by atoms with Crippen molar-refractivity contribution in [1.29, 1.82) is 5.26 Å². The number of rotatable bonds is 5. The van der Waals surface area contributed by atoms with E-state index in [1.165, 1.54) is 22.8 Å². The highest BCUT2D eigenvalue weighted by molar-refractivity contribution is 6.31. The lowest BCUT2D eigenvalue weighted by Crippen LogP contribution is -2.55. The summed E-state index contributed by atoms with van der Waals surface area (Å²) in [6, 6.07) is 11.3. The van der Waals surface area contributed by atoms with Gasteiger partial charge in [0.2, 0.25) is 5.88 Å². The van der Waals surface area contributed by atoms with Crippen molar-refractivity contribution in [1.82, 2.24) is 14.5 Å². The Bertz CT molecular complexity index is 1640. The molecule has 0 radical (unpaired) electrons. The fourth-order valence-corrected chi connectivity index (χ4v) is 5.75. The number of likely N-dealkylation sites (N-methyl/N-ethyl adjacent to an activating group) is 1. The number of nitriles is 1. The van der Waals surface area contributed by atoms with Gasteiger partial charge in [0.05, 0.1) is 28.7 Å². The smallest absolute Gasteiger partial charge is 0.417 e. The zero-order chi connectivity index (χ0) is 27.7. The second kappa shape index (κ2) is 8.64. The number of carbonyl (C=O) groups excluding carboxylic acids is 1. The minimum absolute atomic E-state index is 0.0103. The molecule has 2 bridgehead atoms. The summed E-state index contributed by atoms with van der Waals surface area (Å²) >= 11 is 5.66. The summed E-state index contributed by atoms with van der Waals surface area (Å²) < 4.78 is 52.3. The lowest BCUT2D eigenvalue weighted by Gasteiger charge is -2.35. The quantitative estimate of drug-likeness (QED) is 0.468. The van der Waals surface area contributed by atoms with E-state index in [0.717, 1.165) is 12.1 Å². The number of fused-ring (bicyclic) bond motifs is 3. The third-order valence-electron chi connectivity index (χ3n) is 7.43. The van der Waals surface area contributed by atoms with Gasteiger partial charge in [0.15, 0.2) is 0 Å². The number of benzene rings is 2. The molecule has 0 aliphatic carbocycles. The molecular formula is C26H19ClF3N5O4. The number of hydrogen-bond donors (Lipinski definition) is 0. The minimum Gasteiger partial charge on any atom is -0.473 e. The van der Waals surface area contributed by atoms with Crippen LogP contribution in [0.5, 0.6) is 17.4 Å². The Morgan fingerprint density at radius 2 is 2.00 bits per heavy atom. The number of alkyl halides is 3. The molecule has 2 fully saturated rings. The second-order valence-electron chi connectivity index (χ2n) is 9.71. The van der Waals surface area contributed by atoms with Crippen molar-refractivity contribution in [2.45, 2.75) is 37.3 Å². The van der Waals surface area contributed by atoms with Crippen LogP contribution in [0.4, 0.5) is 19.0 Å². The first-order chi connectivity index (χ1) is 18.5. The van der Waals surface area contributed by atoms with Crippen LogP contribution in [-0.4, -0.2) is 45.5 Å². The lowest BCUT2D eigenvalue weighted by molar-refractivity contribution is -0.137. The standard InChI is InChI=1S/C26H19ClF3N5O4/c1-33-16-9-25(23(33)36)13-34-22(35(25)11-16)8-21(32-24(34)37)38-12-14-2-5-20(15(6-14)10-31)39-17-3-4-19(27)18(7-17)26(28,29)30/h2-8,16H,9,11-13H2,1H3/t16-,25+/m0/s1. The average molecular weight is 558 g/mol. The Hall–Kier alpha value is -4.24. The summed E-state index contributed by atoms with van der Waals surface area (Å²) in [6.45, 7) is 0.828. The van der Waals surface area contributed by atoms with E-state index in [2.05, 4.69) is 4.98 Å². The molecule has 200 valence electrons. The normalized spacial score (nSPS) is 21.1. The van der Waals surface area contributed by atoms with Crippen LogP contribution in [0, 0.1) is 11.3 Å². The Morgan fingerprint density at radius 1 is 1.21 bits per heavy atom. The fraction of sp³-hybridized carbons (Fsp3) is 0.308. The van der Waals surface area contributed by atoms with Crippen molar-refractivity contribution < 1.29 is 27.4 Å². The average Bonchev–Trinajstić information content (AvgIpc) is 3.50. The Morgan fingerprint density at radius 3 is 2.72 bits per heavy atom. The van der Waals surface area contributed by atoms with Crippen LogP contribution < -0.4 is 20.1 Å². The highest BCUT2D eigenvalue weighted by atomic mass is 35.5. The van der Waals surface area contributed by atoms with E-state index in [9.17, 15) is 28.0 Å². The van der Waals surface area contributed by atoms with Crippen molar-refractivity contribution in [3.05, 3.63) is 74.7 Å². The number of anilines is 1. The van der Waals surface area contributed by atoms with Crippen molar-refractivity contribution in [2.75, 3.05) is 18.5 Å². The van der Waals surface area contributed by atoms with Crippen LogP contribution >= 0.6 is 11.6 Å². The number of halogens is 4. The van der Waals surface area contributed by atoms with Crippen LogP contribution in [0.2, 0.25) is 5.02 Å². The molecule has 3 aliphatic heterocycles. The molecule has 1 spiro atoms. The second-order valence-corrected chi connectivity index (χ2v) is 10.1. The van der Waals surface area contributed by atoms with Crippen LogP contribution in [-0.2, 0) is 24.1 Å². The molecule has 2 saturated heterocycles. The maximum atomic E-state index is 13.2. The van der Waals surface area contributed by atoms with Gasteiger partial charge in [-0.1, -0.05) is 17.7 Å². The molecular weight excluding hydrogens is 539 g/mol. The van der Waals surface area contributed by atoms with Gasteiger partial charge in [-0.05, 0) is 35.9 Å². The minimum atomic E-state index is -4.66. The summed E-state index contributed by atoms with van der Waals surface area (Å²) in [5, 5.41) is 9.13. The number of piperazine rings is 1. The first-order valence-corrected chi connectivity index (χ1v) is 12.3. The van der Waals surface area contributed by atoms with E-state index < -0.39 is 28.0 Å². The number of hydrogen-bond acceptors (Lipinski definition) is 7. The summed E-state index contributed by atoms with van der Waals surface area (Å²) in [4.78, 5) is 33.3. The van der Waals surface area contributed by atoms with E-state index >= 15 is 0 Å². The topological polar surface area (TPSA) is 101 Å². The van der Waals surface area contributed by atoms with Crippen molar-refractivity contribution >= 4 is 23.3 Å². The third kappa shape index (κ3) is 3.96.